The molecule has 3 nitrogen and oxygen atoms in total. The normalized spacial score (nSPS) is 24.1. The third-order valence-corrected chi connectivity index (χ3v) is 5.21. The molecule has 1 aromatic rings. The van der Waals surface area contributed by atoms with E-state index in [2.05, 4.69) is 36.7 Å². The van der Waals surface area contributed by atoms with Crippen LogP contribution in [-0.4, -0.2) is 27.3 Å². The van der Waals surface area contributed by atoms with Gasteiger partial charge in [-0.3, -0.25) is 4.68 Å². The summed E-state index contributed by atoms with van der Waals surface area (Å²) in [4.78, 5) is 0. The van der Waals surface area contributed by atoms with Crippen LogP contribution in [0.15, 0.2) is 6.20 Å². The Hall–Kier alpha value is -0.480. The zero-order valence-electron chi connectivity index (χ0n) is 12.6. The van der Waals surface area contributed by atoms with Crippen molar-refractivity contribution in [2.75, 3.05) is 6.26 Å². The molecular formula is C15H27N3S. The average molecular weight is 281 g/mol. The van der Waals surface area contributed by atoms with Gasteiger partial charge in [0, 0.05) is 36.6 Å². The Morgan fingerprint density at radius 3 is 2.63 bits per heavy atom. The zero-order chi connectivity index (χ0) is 13.8. The van der Waals surface area contributed by atoms with Crippen molar-refractivity contribution in [1.82, 2.24) is 15.1 Å². The maximum Gasteiger partial charge on any atom is 0.0694 e. The summed E-state index contributed by atoms with van der Waals surface area (Å²) < 4.78 is 1.94. The van der Waals surface area contributed by atoms with Crippen molar-refractivity contribution >= 4 is 11.8 Å². The molecule has 0 aromatic carbocycles. The van der Waals surface area contributed by atoms with E-state index in [0.717, 1.165) is 11.8 Å². The van der Waals surface area contributed by atoms with Crippen LogP contribution in [0.2, 0.25) is 0 Å². The Morgan fingerprint density at radius 1 is 1.37 bits per heavy atom. The number of thioether (sulfide) groups is 1. The fourth-order valence-corrected chi connectivity index (χ4v) is 3.68. The fourth-order valence-electron chi connectivity index (χ4n) is 2.93. The Kier molecular flexibility index (Phi) is 5.34. The molecule has 1 N–H and O–H groups in total. The molecule has 2 rings (SSSR count). The van der Waals surface area contributed by atoms with Crippen molar-refractivity contribution < 1.29 is 0 Å². The van der Waals surface area contributed by atoms with Gasteiger partial charge in [-0.25, -0.2) is 0 Å². The first-order valence-electron chi connectivity index (χ1n) is 7.38. The van der Waals surface area contributed by atoms with Crippen molar-refractivity contribution in [3.8, 4) is 0 Å². The Labute approximate surface area is 121 Å². The maximum absolute atomic E-state index is 4.57. The molecule has 1 aliphatic rings. The Balaban J connectivity index is 1.86. The number of rotatable bonds is 5. The molecule has 1 fully saturated rings. The zero-order valence-corrected chi connectivity index (χ0v) is 13.5. The third kappa shape index (κ3) is 3.99. The first kappa shape index (κ1) is 14.9. The van der Waals surface area contributed by atoms with Crippen molar-refractivity contribution in [3.05, 3.63) is 17.5 Å². The van der Waals surface area contributed by atoms with E-state index in [1.807, 2.05) is 23.5 Å². The SMILES string of the molecule is CSC1CCC(NCc2cn(C)nc2C(C)C)CC1. The predicted octanol–water partition coefficient (Wildman–Crippen LogP) is 3.31. The summed E-state index contributed by atoms with van der Waals surface area (Å²) in [5, 5.41) is 9.19. The largest absolute Gasteiger partial charge is 0.310 e. The van der Waals surface area contributed by atoms with Gasteiger partial charge in [-0.2, -0.15) is 16.9 Å². The third-order valence-electron chi connectivity index (χ3n) is 4.07. The van der Waals surface area contributed by atoms with Crippen molar-refractivity contribution in [2.24, 2.45) is 7.05 Å². The number of hydrogen-bond donors (Lipinski definition) is 1. The highest BCUT2D eigenvalue weighted by Gasteiger charge is 2.20. The molecule has 0 aliphatic heterocycles. The molecule has 0 atom stereocenters. The van der Waals surface area contributed by atoms with E-state index < -0.39 is 0 Å². The molecule has 0 radical (unpaired) electrons. The van der Waals surface area contributed by atoms with Crippen LogP contribution < -0.4 is 5.32 Å². The molecule has 0 bridgehead atoms. The number of aryl methyl sites for hydroxylation is 1. The van der Waals surface area contributed by atoms with Crippen LogP contribution in [0.5, 0.6) is 0 Å². The van der Waals surface area contributed by atoms with E-state index in [4.69, 9.17) is 0 Å². The highest BCUT2D eigenvalue weighted by molar-refractivity contribution is 7.99. The lowest BCUT2D eigenvalue weighted by Gasteiger charge is -2.28. The Bertz CT molecular complexity index is 392. The topological polar surface area (TPSA) is 29.9 Å². The summed E-state index contributed by atoms with van der Waals surface area (Å²) in [6, 6.07) is 0.698. The lowest BCUT2D eigenvalue weighted by atomic mass is 9.94. The summed E-state index contributed by atoms with van der Waals surface area (Å²) in [6.45, 7) is 5.40. The molecule has 0 unspecified atom stereocenters. The lowest BCUT2D eigenvalue weighted by Crippen LogP contribution is -2.33. The van der Waals surface area contributed by atoms with Gasteiger partial charge < -0.3 is 5.32 Å². The molecule has 1 aromatic heterocycles. The second-order valence-electron chi connectivity index (χ2n) is 5.96. The Morgan fingerprint density at radius 2 is 2.05 bits per heavy atom. The van der Waals surface area contributed by atoms with Crippen LogP contribution in [0.3, 0.4) is 0 Å². The van der Waals surface area contributed by atoms with Gasteiger partial charge in [-0.05, 0) is 37.9 Å². The highest BCUT2D eigenvalue weighted by Crippen LogP contribution is 2.27. The first-order valence-corrected chi connectivity index (χ1v) is 8.67. The van der Waals surface area contributed by atoms with Gasteiger partial charge in [-0.15, -0.1) is 0 Å². The van der Waals surface area contributed by atoms with Gasteiger partial charge in [0.2, 0.25) is 0 Å². The van der Waals surface area contributed by atoms with E-state index in [0.29, 0.717) is 12.0 Å². The fraction of sp³-hybridized carbons (Fsp3) is 0.800. The maximum atomic E-state index is 4.57. The second kappa shape index (κ2) is 6.80. The summed E-state index contributed by atoms with van der Waals surface area (Å²) in [5.74, 6) is 0.505. The molecule has 1 aliphatic carbocycles. The van der Waals surface area contributed by atoms with Crippen molar-refractivity contribution in [3.63, 3.8) is 0 Å². The standard InChI is InChI=1S/C15H27N3S/c1-11(2)15-12(10-18(3)17-15)9-16-13-5-7-14(19-4)8-6-13/h10-11,13-14,16H,5-9H2,1-4H3. The lowest BCUT2D eigenvalue weighted by molar-refractivity contribution is 0.378. The average Bonchev–Trinajstić information content (AvgIpc) is 2.78. The van der Waals surface area contributed by atoms with Crippen LogP contribution in [0.1, 0.15) is 56.7 Å². The highest BCUT2D eigenvalue weighted by atomic mass is 32.2. The monoisotopic (exact) mass is 281 g/mol. The predicted molar refractivity (Wildman–Crippen MR) is 83.7 cm³/mol. The second-order valence-corrected chi connectivity index (χ2v) is 7.10. The molecule has 4 heteroatoms. The molecule has 0 amide bonds. The van der Waals surface area contributed by atoms with E-state index in [1.165, 1.54) is 36.9 Å². The van der Waals surface area contributed by atoms with E-state index >= 15 is 0 Å². The van der Waals surface area contributed by atoms with Gasteiger partial charge in [-0.1, -0.05) is 13.8 Å². The van der Waals surface area contributed by atoms with E-state index in [9.17, 15) is 0 Å². The minimum absolute atomic E-state index is 0.505. The number of nitrogens with one attached hydrogen (secondary N) is 1. The molecule has 0 saturated heterocycles. The van der Waals surface area contributed by atoms with Crippen LogP contribution in [0, 0.1) is 0 Å². The van der Waals surface area contributed by atoms with Crippen LogP contribution in [0.25, 0.3) is 0 Å². The summed E-state index contributed by atoms with van der Waals surface area (Å²) in [5.41, 5.74) is 2.61. The first-order chi connectivity index (χ1) is 9.10. The van der Waals surface area contributed by atoms with Gasteiger partial charge in [0.15, 0.2) is 0 Å². The minimum atomic E-state index is 0.505. The molecule has 0 spiro atoms. The summed E-state index contributed by atoms with van der Waals surface area (Å²) in [7, 11) is 2.01. The quantitative estimate of drug-likeness (QED) is 0.898. The molecular weight excluding hydrogens is 254 g/mol. The van der Waals surface area contributed by atoms with Gasteiger partial charge in [0.1, 0.15) is 0 Å². The number of aromatic nitrogens is 2. The van der Waals surface area contributed by atoms with Crippen molar-refractivity contribution in [1.29, 1.82) is 0 Å². The van der Waals surface area contributed by atoms with Crippen LogP contribution in [0.4, 0.5) is 0 Å². The summed E-state index contributed by atoms with van der Waals surface area (Å²) in [6.07, 6.45) is 9.77. The minimum Gasteiger partial charge on any atom is -0.310 e. The van der Waals surface area contributed by atoms with Crippen LogP contribution >= 0.6 is 11.8 Å². The van der Waals surface area contributed by atoms with Gasteiger partial charge in [0.05, 0.1) is 5.69 Å². The van der Waals surface area contributed by atoms with Gasteiger partial charge >= 0.3 is 0 Å². The molecule has 1 saturated carbocycles. The molecule has 1 heterocycles. The smallest absolute Gasteiger partial charge is 0.0694 e. The molecule has 19 heavy (non-hydrogen) atoms. The molecule has 108 valence electrons. The summed E-state index contributed by atoms with van der Waals surface area (Å²) >= 11 is 2.03. The van der Waals surface area contributed by atoms with Crippen molar-refractivity contribution in [2.45, 2.75) is 63.3 Å². The van der Waals surface area contributed by atoms with Gasteiger partial charge in [0.25, 0.3) is 0 Å². The van der Waals surface area contributed by atoms with Crippen LogP contribution in [-0.2, 0) is 13.6 Å². The van der Waals surface area contributed by atoms with E-state index in [1.54, 1.807) is 0 Å². The number of hydrogen-bond acceptors (Lipinski definition) is 3. The van der Waals surface area contributed by atoms with E-state index in [-0.39, 0.29) is 0 Å². The number of nitrogens with zero attached hydrogens (tertiary/aromatic N) is 2.